The third-order valence-electron chi connectivity index (χ3n) is 6.80. The number of hydrogen-bond acceptors (Lipinski definition) is 5. The second-order valence-corrected chi connectivity index (χ2v) is 9.93. The predicted molar refractivity (Wildman–Crippen MR) is 155 cm³/mol. The minimum absolute atomic E-state index is 0.208. The number of likely N-dealkylation sites (N-methyl/N-ethyl adjacent to an activating group) is 1. The number of aliphatic hydroxyl groups excluding tert-OH is 1. The Labute approximate surface area is 233 Å². The number of anilines is 3. The molecule has 0 aliphatic carbocycles. The van der Waals surface area contributed by atoms with E-state index in [2.05, 4.69) is 16.0 Å². The lowest BCUT2D eigenvalue weighted by atomic mass is 9.99. The van der Waals surface area contributed by atoms with E-state index in [4.69, 9.17) is 4.74 Å². The van der Waals surface area contributed by atoms with Gasteiger partial charge in [0.1, 0.15) is 6.10 Å². The fraction of sp³-hybridized carbons (Fsp3) is 0.300. The maximum Gasteiger partial charge on any atom is 0.323 e. The van der Waals surface area contributed by atoms with Gasteiger partial charge in [0.2, 0.25) is 0 Å². The van der Waals surface area contributed by atoms with Crippen LogP contribution in [0.2, 0.25) is 0 Å². The van der Waals surface area contributed by atoms with Gasteiger partial charge < -0.3 is 35.6 Å². The summed E-state index contributed by atoms with van der Waals surface area (Å²) >= 11 is 0. The van der Waals surface area contributed by atoms with E-state index in [9.17, 15) is 19.5 Å². The smallest absolute Gasteiger partial charge is 0.323 e. The fourth-order valence-electron chi connectivity index (χ4n) is 4.46. The van der Waals surface area contributed by atoms with Crippen molar-refractivity contribution in [2.75, 3.05) is 42.7 Å². The number of nitrogens with zero attached hydrogens (tertiary/aromatic N) is 2. The van der Waals surface area contributed by atoms with Crippen LogP contribution in [0, 0.1) is 5.92 Å². The number of rotatable bonds is 7. The fourth-order valence-corrected chi connectivity index (χ4v) is 4.46. The standard InChI is InChI=1S/C30H35N5O5/c1-20-17-35(21(2)19-36)28(37)24-15-10-16-25(33-29(38)31-22-11-6-4-7-12-22)27(24)40-26(20)18-34(3)30(39)32-23-13-8-5-9-14-23/h4-16,20-21,26,36H,17-19H2,1-3H3,(H,32,39)(H2,31,33,38)/t20-,21+,26+/m1/s1. The molecule has 1 heterocycles. The molecule has 0 saturated carbocycles. The summed E-state index contributed by atoms with van der Waals surface area (Å²) in [7, 11) is 1.67. The quantitative estimate of drug-likeness (QED) is 0.342. The molecule has 1 aliphatic heterocycles. The van der Waals surface area contributed by atoms with Crippen LogP contribution in [-0.2, 0) is 0 Å². The van der Waals surface area contributed by atoms with Crippen LogP contribution in [0.4, 0.5) is 26.7 Å². The number of ether oxygens (including phenoxy) is 1. The molecule has 40 heavy (non-hydrogen) atoms. The lowest BCUT2D eigenvalue weighted by Gasteiger charge is -2.38. The summed E-state index contributed by atoms with van der Waals surface area (Å²) < 4.78 is 6.46. The topological polar surface area (TPSA) is 123 Å². The molecule has 3 atom stereocenters. The van der Waals surface area contributed by atoms with Crippen molar-refractivity contribution in [3.63, 3.8) is 0 Å². The van der Waals surface area contributed by atoms with Gasteiger partial charge in [-0.3, -0.25) is 4.79 Å². The Bertz CT molecular complexity index is 1320. The van der Waals surface area contributed by atoms with Gasteiger partial charge in [-0.05, 0) is 43.3 Å². The third kappa shape index (κ3) is 6.89. The van der Waals surface area contributed by atoms with Crippen molar-refractivity contribution in [3.8, 4) is 5.75 Å². The van der Waals surface area contributed by atoms with Gasteiger partial charge in [0.15, 0.2) is 5.75 Å². The lowest BCUT2D eigenvalue weighted by Crippen LogP contribution is -2.50. The van der Waals surface area contributed by atoms with Gasteiger partial charge in [0.25, 0.3) is 5.91 Å². The van der Waals surface area contributed by atoms with Crippen LogP contribution < -0.4 is 20.7 Å². The van der Waals surface area contributed by atoms with E-state index in [0.29, 0.717) is 23.6 Å². The van der Waals surface area contributed by atoms with Crippen LogP contribution in [-0.4, -0.2) is 71.8 Å². The maximum atomic E-state index is 13.6. The molecule has 3 aromatic carbocycles. The van der Waals surface area contributed by atoms with E-state index in [1.807, 2.05) is 43.3 Å². The Balaban J connectivity index is 1.62. The van der Waals surface area contributed by atoms with Gasteiger partial charge in [-0.1, -0.05) is 49.4 Å². The molecule has 0 radical (unpaired) electrons. The Morgan fingerprint density at radius 1 is 0.975 bits per heavy atom. The molecule has 4 rings (SSSR count). The van der Waals surface area contributed by atoms with Crippen LogP contribution in [0.3, 0.4) is 0 Å². The van der Waals surface area contributed by atoms with Gasteiger partial charge in [0, 0.05) is 30.9 Å². The zero-order valence-electron chi connectivity index (χ0n) is 22.8. The summed E-state index contributed by atoms with van der Waals surface area (Å²) in [4.78, 5) is 42.6. The van der Waals surface area contributed by atoms with Crippen molar-refractivity contribution in [3.05, 3.63) is 84.4 Å². The second-order valence-electron chi connectivity index (χ2n) is 9.93. The maximum absolute atomic E-state index is 13.6. The molecule has 4 N–H and O–H groups in total. The predicted octanol–water partition coefficient (Wildman–Crippen LogP) is 4.71. The first kappa shape index (κ1) is 28.4. The number of carbonyl (C=O) groups excluding carboxylic acids is 3. The van der Waals surface area contributed by atoms with E-state index in [-0.39, 0.29) is 42.3 Å². The first-order chi connectivity index (χ1) is 19.3. The number of para-hydroxylation sites is 3. The summed E-state index contributed by atoms with van der Waals surface area (Å²) in [6.45, 7) is 4.01. The molecule has 0 saturated heterocycles. The molecule has 0 bridgehead atoms. The van der Waals surface area contributed by atoms with Gasteiger partial charge in [-0.2, -0.15) is 0 Å². The van der Waals surface area contributed by atoms with E-state index >= 15 is 0 Å². The SMILES string of the molecule is C[C@@H]1CN([C@@H](C)CO)C(=O)c2cccc(NC(=O)Nc3ccccc3)c2O[C@H]1CN(C)C(=O)Nc1ccccc1. The van der Waals surface area contributed by atoms with Crippen LogP contribution in [0.25, 0.3) is 0 Å². The molecule has 0 unspecified atom stereocenters. The van der Waals surface area contributed by atoms with Crippen LogP contribution in [0.1, 0.15) is 24.2 Å². The van der Waals surface area contributed by atoms with Gasteiger partial charge in [-0.25, -0.2) is 9.59 Å². The Kier molecular flexibility index (Phi) is 9.23. The summed E-state index contributed by atoms with van der Waals surface area (Å²) in [6, 6.07) is 21.8. The summed E-state index contributed by atoms with van der Waals surface area (Å²) in [5, 5.41) is 18.3. The van der Waals surface area contributed by atoms with Crippen molar-refractivity contribution in [1.82, 2.24) is 9.80 Å². The Morgan fingerprint density at radius 2 is 1.60 bits per heavy atom. The van der Waals surface area contributed by atoms with E-state index in [0.717, 1.165) is 0 Å². The third-order valence-corrected chi connectivity index (χ3v) is 6.80. The lowest BCUT2D eigenvalue weighted by molar-refractivity contribution is 0.0373. The Hall–Kier alpha value is -4.57. The van der Waals surface area contributed by atoms with Crippen LogP contribution in [0.5, 0.6) is 5.75 Å². The molecule has 210 valence electrons. The molecule has 0 fully saturated rings. The van der Waals surface area contributed by atoms with Gasteiger partial charge in [0.05, 0.1) is 30.4 Å². The molecule has 5 amide bonds. The number of nitrogens with one attached hydrogen (secondary N) is 3. The van der Waals surface area contributed by atoms with Gasteiger partial charge >= 0.3 is 12.1 Å². The highest BCUT2D eigenvalue weighted by Crippen LogP contribution is 2.35. The average molecular weight is 546 g/mol. The minimum atomic E-state index is -0.535. The van der Waals surface area contributed by atoms with Crippen LogP contribution >= 0.6 is 0 Å². The minimum Gasteiger partial charge on any atom is -0.485 e. The zero-order chi connectivity index (χ0) is 28.6. The van der Waals surface area contributed by atoms with Crippen molar-refractivity contribution < 1.29 is 24.2 Å². The van der Waals surface area contributed by atoms with E-state index in [1.54, 1.807) is 61.3 Å². The number of benzene rings is 3. The van der Waals surface area contributed by atoms with Crippen molar-refractivity contribution in [2.24, 2.45) is 5.92 Å². The highest BCUT2D eigenvalue weighted by atomic mass is 16.5. The van der Waals surface area contributed by atoms with Crippen molar-refractivity contribution >= 4 is 35.0 Å². The van der Waals surface area contributed by atoms with Crippen molar-refractivity contribution in [2.45, 2.75) is 26.0 Å². The van der Waals surface area contributed by atoms with E-state index in [1.165, 1.54) is 4.90 Å². The number of fused-ring (bicyclic) bond motifs is 1. The molecule has 10 nitrogen and oxygen atoms in total. The summed E-state index contributed by atoms with van der Waals surface area (Å²) in [6.07, 6.45) is -0.535. The molecular weight excluding hydrogens is 510 g/mol. The number of carbonyl (C=O) groups is 3. The molecule has 10 heteroatoms. The average Bonchev–Trinajstić information content (AvgIpc) is 2.95. The number of aliphatic hydroxyl groups is 1. The Morgan fingerprint density at radius 3 is 2.23 bits per heavy atom. The number of amides is 5. The first-order valence-corrected chi connectivity index (χ1v) is 13.2. The molecule has 0 aromatic heterocycles. The monoisotopic (exact) mass is 545 g/mol. The normalized spacial score (nSPS) is 17.4. The highest BCUT2D eigenvalue weighted by molar-refractivity contribution is 6.04. The summed E-state index contributed by atoms with van der Waals surface area (Å²) in [5.74, 6) is -0.326. The zero-order valence-corrected chi connectivity index (χ0v) is 22.8. The van der Waals surface area contributed by atoms with E-state index < -0.39 is 18.2 Å². The van der Waals surface area contributed by atoms with Crippen LogP contribution in [0.15, 0.2) is 78.9 Å². The molecule has 1 aliphatic rings. The molecule has 0 spiro atoms. The largest absolute Gasteiger partial charge is 0.485 e. The van der Waals surface area contributed by atoms with Crippen molar-refractivity contribution in [1.29, 1.82) is 0 Å². The second kappa shape index (κ2) is 13.0. The summed E-state index contributed by atoms with van der Waals surface area (Å²) in [5.41, 5.74) is 1.84. The number of urea groups is 2. The molecular formula is C30H35N5O5. The number of hydrogen-bond donors (Lipinski definition) is 4. The highest BCUT2D eigenvalue weighted by Gasteiger charge is 2.35. The first-order valence-electron chi connectivity index (χ1n) is 13.2. The molecule has 3 aromatic rings. The van der Waals surface area contributed by atoms with Gasteiger partial charge in [-0.15, -0.1) is 0 Å².